The molecular weight excluding hydrogens is 466 g/mol. The summed E-state index contributed by atoms with van der Waals surface area (Å²) in [5, 5.41) is 19.5. The van der Waals surface area contributed by atoms with E-state index in [2.05, 4.69) is 20.3 Å². The highest BCUT2D eigenvalue weighted by Gasteiger charge is 2.22. The van der Waals surface area contributed by atoms with Gasteiger partial charge < -0.3 is 24.4 Å². The number of sulfonamides is 1. The Morgan fingerprint density at radius 3 is 2.74 bits per heavy atom. The quantitative estimate of drug-likeness (QED) is 0.323. The van der Waals surface area contributed by atoms with E-state index in [1.54, 1.807) is 41.3 Å². The van der Waals surface area contributed by atoms with Crippen molar-refractivity contribution in [1.82, 2.24) is 20.3 Å². The monoisotopic (exact) mass is 487 g/mol. The van der Waals surface area contributed by atoms with Crippen molar-refractivity contribution < 1.29 is 32.3 Å². The summed E-state index contributed by atoms with van der Waals surface area (Å²) in [4.78, 5) is 10.7. The van der Waals surface area contributed by atoms with Gasteiger partial charge in [0.1, 0.15) is 16.9 Å². The minimum absolute atomic E-state index is 0.00506. The third-order valence-electron chi connectivity index (χ3n) is 4.88. The second-order valence-electron chi connectivity index (χ2n) is 7.19. The van der Waals surface area contributed by atoms with E-state index >= 15 is 0 Å². The van der Waals surface area contributed by atoms with Crippen molar-refractivity contribution in [2.45, 2.75) is 18.0 Å². The van der Waals surface area contributed by atoms with E-state index < -0.39 is 16.1 Å². The first-order valence-electron chi connectivity index (χ1n) is 9.90. The molecule has 0 spiro atoms. The van der Waals surface area contributed by atoms with Crippen molar-refractivity contribution in [3.8, 4) is 11.5 Å². The van der Waals surface area contributed by atoms with E-state index in [0.717, 1.165) is 5.56 Å². The molecule has 0 aliphatic carbocycles. The van der Waals surface area contributed by atoms with Crippen LogP contribution in [0.15, 0.2) is 58.2 Å². The molecule has 0 fully saturated rings. The molecular formula is C21H21N5O7S. The van der Waals surface area contributed by atoms with Crippen LogP contribution >= 0.6 is 0 Å². The molecule has 1 amide bonds. The highest BCUT2D eigenvalue weighted by atomic mass is 32.2. The van der Waals surface area contributed by atoms with E-state index in [-0.39, 0.29) is 17.3 Å². The van der Waals surface area contributed by atoms with Gasteiger partial charge in [0.2, 0.25) is 0 Å². The lowest BCUT2D eigenvalue weighted by Gasteiger charge is -2.09. The zero-order valence-corrected chi connectivity index (χ0v) is 19.0. The van der Waals surface area contributed by atoms with Crippen molar-refractivity contribution in [2.75, 3.05) is 18.9 Å². The maximum absolute atomic E-state index is 12.9. The average Bonchev–Trinajstić information content (AvgIpc) is 3.43. The van der Waals surface area contributed by atoms with Crippen LogP contribution in [0.5, 0.6) is 11.5 Å². The van der Waals surface area contributed by atoms with Gasteiger partial charge in [-0.25, -0.2) is 13.2 Å². The molecule has 3 N–H and O–H groups in total. The van der Waals surface area contributed by atoms with Crippen LogP contribution in [0.4, 0.5) is 10.6 Å². The number of hydrogen-bond donors (Lipinski definition) is 3. The maximum atomic E-state index is 12.9. The third kappa shape index (κ3) is 4.88. The summed E-state index contributed by atoms with van der Waals surface area (Å²) in [6.07, 6.45) is 2.15. The molecule has 0 bridgehead atoms. The van der Waals surface area contributed by atoms with Crippen LogP contribution in [-0.4, -0.2) is 48.8 Å². The number of amides is 1. The standard InChI is InChI=1S/C21H21N5O7S/c1-31-15-4-3-5-16(8-15)34(29,30)25-20-19-17(32-2)6-13(7-18(19)33-24-20)11-26-12-14(10-23-26)9-22-21(27)28/h3-8,10,12,22H,9,11H2,1-2H3,(H,24,25)(H,27,28). The van der Waals surface area contributed by atoms with Crippen LogP contribution < -0.4 is 19.5 Å². The van der Waals surface area contributed by atoms with Crippen LogP contribution in [0, 0.1) is 0 Å². The smallest absolute Gasteiger partial charge is 0.404 e. The first kappa shape index (κ1) is 22.9. The summed E-state index contributed by atoms with van der Waals surface area (Å²) in [7, 11) is -1.07. The molecule has 34 heavy (non-hydrogen) atoms. The number of benzene rings is 2. The van der Waals surface area contributed by atoms with Gasteiger partial charge in [0.25, 0.3) is 10.0 Å². The van der Waals surface area contributed by atoms with Gasteiger partial charge >= 0.3 is 6.09 Å². The first-order valence-corrected chi connectivity index (χ1v) is 11.4. The number of nitrogens with zero attached hydrogens (tertiary/aromatic N) is 3. The fourth-order valence-electron chi connectivity index (χ4n) is 3.32. The molecule has 12 nitrogen and oxygen atoms in total. The van der Waals surface area contributed by atoms with E-state index in [1.165, 1.54) is 26.4 Å². The number of fused-ring (bicyclic) bond motifs is 1. The van der Waals surface area contributed by atoms with Crippen LogP contribution in [0.25, 0.3) is 11.0 Å². The molecule has 4 rings (SSSR count). The molecule has 4 aromatic rings. The molecule has 13 heteroatoms. The van der Waals surface area contributed by atoms with Gasteiger partial charge in [-0.2, -0.15) is 5.10 Å². The van der Waals surface area contributed by atoms with E-state index in [1.807, 2.05) is 0 Å². The lowest BCUT2D eigenvalue weighted by atomic mass is 10.1. The van der Waals surface area contributed by atoms with Gasteiger partial charge in [-0.3, -0.25) is 9.40 Å². The first-order chi connectivity index (χ1) is 16.3. The van der Waals surface area contributed by atoms with Gasteiger partial charge in [0, 0.05) is 24.4 Å². The Hall–Kier alpha value is -4.26. The van der Waals surface area contributed by atoms with Crippen LogP contribution in [-0.2, 0) is 23.1 Å². The zero-order valence-electron chi connectivity index (χ0n) is 18.2. The second kappa shape index (κ2) is 9.31. The number of anilines is 1. The number of hydrogen-bond acceptors (Lipinski definition) is 8. The van der Waals surface area contributed by atoms with Gasteiger partial charge in [-0.1, -0.05) is 11.2 Å². The normalized spacial score (nSPS) is 11.4. The second-order valence-corrected chi connectivity index (χ2v) is 8.87. The van der Waals surface area contributed by atoms with Crippen LogP contribution in [0.3, 0.4) is 0 Å². The van der Waals surface area contributed by atoms with Gasteiger partial charge in [-0.05, 0) is 29.8 Å². The molecule has 0 aliphatic rings. The Labute approximate surface area is 194 Å². The topological polar surface area (TPSA) is 158 Å². The van der Waals surface area contributed by atoms with Crippen molar-refractivity contribution in [2.24, 2.45) is 0 Å². The molecule has 2 heterocycles. The van der Waals surface area contributed by atoms with Crippen molar-refractivity contribution in [3.05, 3.63) is 59.9 Å². The van der Waals surface area contributed by atoms with Crippen LogP contribution in [0.1, 0.15) is 11.1 Å². The maximum Gasteiger partial charge on any atom is 0.404 e. The number of nitrogens with one attached hydrogen (secondary N) is 2. The Kier molecular flexibility index (Phi) is 6.27. The predicted molar refractivity (Wildman–Crippen MR) is 121 cm³/mol. The van der Waals surface area contributed by atoms with E-state index in [4.69, 9.17) is 19.1 Å². The number of ether oxygens (including phenoxy) is 2. The van der Waals surface area contributed by atoms with E-state index in [9.17, 15) is 13.2 Å². The predicted octanol–water partition coefficient (Wildman–Crippen LogP) is 2.66. The highest BCUT2D eigenvalue weighted by Crippen LogP contribution is 2.35. The largest absolute Gasteiger partial charge is 0.497 e. The summed E-state index contributed by atoms with van der Waals surface area (Å²) < 4.78 is 45.8. The summed E-state index contributed by atoms with van der Waals surface area (Å²) in [6.45, 7) is 0.474. The van der Waals surface area contributed by atoms with Crippen LogP contribution in [0.2, 0.25) is 0 Å². The molecule has 2 aromatic carbocycles. The molecule has 0 radical (unpaired) electrons. The minimum Gasteiger partial charge on any atom is -0.497 e. The lowest BCUT2D eigenvalue weighted by molar-refractivity contribution is 0.194. The van der Waals surface area contributed by atoms with Crippen molar-refractivity contribution in [3.63, 3.8) is 0 Å². The summed E-state index contributed by atoms with van der Waals surface area (Å²) in [6, 6.07) is 9.46. The van der Waals surface area contributed by atoms with Crippen molar-refractivity contribution in [1.29, 1.82) is 0 Å². The highest BCUT2D eigenvalue weighted by molar-refractivity contribution is 7.92. The Bertz CT molecular complexity index is 1450. The fraction of sp³-hybridized carbons (Fsp3) is 0.190. The number of carbonyl (C=O) groups is 1. The summed E-state index contributed by atoms with van der Waals surface area (Å²) in [5.41, 5.74) is 1.77. The van der Waals surface area contributed by atoms with E-state index in [0.29, 0.717) is 34.6 Å². The Morgan fingerprint density at radius 2 is 2.00 bits per heavy atom. The minimum atomic E-state index is -3.97. The molecule has 0 saturated heterocycles. The fourth-order valence-corrected chi connectivity index (χ4v) is 4.36. The number of carboxylic acid groups (broad SMARTS) is 1. The van der Waals surface area contributed by atoms with Gasteiger partial charge in [-0.15, -0.1) is 0 Å². The Morgan fingerprint density at radius 1 is 1.18 bits per heavy atom. The molecule has 2 aromatic heterocycles. The summed E-state index contributed by atoms with van der Waals surface area (Å²) >= 11 is 0. The number of methoxy groups -OCH3 is 2. The van der Waals surface area contributed by atoms with Gasteiger partial charge in [0.05, 0.1) is 31.9 Å². The van der Waals surface area contributed by atoms with Crippen molar-refractivity contribution >= 4 is 32.9 Å². The third-order valence-corrected chi connectivity index (χ3v) is 6.21. The number of aromatic nitrogens is 3. The Balaban J connectivity index is 1.60. The zero-order chi connectivity index (χ0) is 24.3. The molecule has 0 unspecified atom stereocenters. The lowest BCUT2D eigenvalue weighted by Crippen LogP contribution is -2.19. The SMILES string of the molecule is COc1cccc(S(=O)(=O)Nc2noc3cc(Cn4cc(CNC(=O)O)cn4)cc(OC)c23)c1. The number of rotatable bonds is 9. The molecule has 178 valence electrons. The van der Waals surface area contributed by atoms with Gasteiger partial charge in [0.15, 0.2) is 11.4 Å². The molecule has 0 saturated carbocycles. The molecule has 0 atom stereocenters. The average molecular weight is 487 g/mol. The molecule has 0 aliphatic heterocycles. The summed E-state index contributed by atoms with van der Waals surface area (Å²) in [5.74, 6) is 0.745.